The van der Waals surface area contributed by atoms with Crippen molar-refractivity contribution in [2.75, 3.05) is 39.4 Å². The van der Waals surface area contributed by atoms with Gasteiger partial charge in [0.1, 0.15) is 0 Å². The molecule has 0 atom stereocenters. The first-order valence-corrected chi connectivity index (χ1v) is 10.5. The molecule has 29 heavy (non-hydrogen) atoms. The summed E-state index contributed by atoms with van der Waals surface area (Å²) in [5.74, 6) is 1.45. The van der Waals surface area contributed by atoms with Gasteiger partial charge in [0.25, 0.3) is 5.91 Å². The fourth-order valence-electron chi connectivity index (χ4n) is 2.66. The third-order valence-corrected chi connectivity index (χ3v) is 4.22. The zero-order valence-corrected chi connectivity index (χ0v) is 21.0. The number of guanidine groups is 1. The summed E-state index contributed by atoms with van der Waals surface area (Å²) in [6.45, 7) is 15.6. The molecule has 0 saturated carbocycles. The molecule has 1 rings (SSSR count). The van der Waals surface area contributed by atoms with Crippen LogP contribution in [0.5, 0.6) is 0 Å². The maximum atomic E-state index is 12.4. The second-order valence-corrected chi connectivity index (χ2v) is 7.12. The predicted molar refractivity (Wildman–Crippen MR) is 132 cm³/mol. The third kappa shape index (κ3) is 11.4. The van der Waals surface area contributed by atoms with Gasteiger partial charge in [-0.1, -0.05) is 26.0 Å². The van der Waals surface area contributed by atoms with Gasteiger partial charge >= 0.3 is 0 Å². The first kappa shape index (κ1) is 27.6. The summed E-state index contributed by atoms with van der Waals surface area (Å²) in [4.78, 5) is 18.8. The van der Waals surface area contributed by atoms with Crippen molar-refractivity contribution in [1.82, 2.24) is 15.5 Å². The zero-order valence-electron chi connectivity index (χ0n) is 18.7. The lowest BCUT2D eigenvalue weighted by Gasteiger charge is -2.18. The monoisotopic (exact) mass is 518 g/mol. The highest BCUT2D eigenvalue weighted by atomic mass is 127. The summed E-state index contributed by atoms with van der Waals surface area (Å²) in [6, 6.07) is 7.73. The molecule has 7 heteroatoms. The van der Waals surface area contributed by atoms with Gasteiger partial charge in [-0.25, -0.2) is 4.99 Å². The molecule has 0 aliphatic rings. The zero-order chi connectivity index (χ0) is 20.8. The van der Waals surface area contributed by atoms with E-state index < -0.39 is 0 Å². The SMILES string of the molecule is CCNC(=NCc1ccc(C(=O)N(CC)CC)cc1)NCCCOCC(C)C.I. The minimum absolute atomic E-state index is 0. The molecular formula is C22H39IN4O2. The highest BCUT2D eigenvalue weighted by molar-refractivity contribution is 14.0. The van der Waals surface area contributed by atoms with E-state index in [9.17, 15) is 4.79 Å². The number of rotatable bonds is 12. The van der Waals surface area contributed by atoms with Crippen molar-refractivity contribution in [3.8, 4) is 0 Å². The highest BCUT2D eigenvalue weighted by Gasteiger charge is 2.11. The second kappa shape index (κ2) is 16.4. The number of ether oxygens (including phenoxy) is 1. The van der Waals surface area contributed by atoms with Gasteiger partial charge in [0.2, 0.25) is 0 Å². The number of hydrogen-bond acceptors (Lipinski definition) is 3. The summed E-state index contributed by atoms with van der Waals surface area (Å²) >= 11 is 0. The molecule has 1 amide bonds. The Bertz CT molecular complexity index is 587. The Hall–Kier alpha value is -1.35. The van der Waals surface area contributed by atoms with Crippen LogP contribution in [-0.4, -0.2) is 56.2 Å². The summed E-state index contributed by atoms with van der Waals surface area (Å²) in [7, 11) is 0. The van der Waals surface area contributed by atoms with E-state index in [1.54, 1.807) is 0 Å². The van der Waals surface area contributed by atoms with Crippen LogP contribution in [0.1, 0.15) is 57.0 Å². The van der Waals surface area contributed by atoms with Crippen LogP contribution in [0, 0.1) is 5.92 Å². The second-order valence-electron chi connectivity index (χ2n) is 7.12. The first-order chi connectivity index (χ1) is 13.5. The van der Waals surface area contributed by atoms with Crippen molar-refractivity contribution < 1.29 is 9.53 Å². The average molecular weight is 518 g/mol. The van der Waals surface area contributed by atoms with Crippen LogP contribution in [0.15, 0.2) is 29.3 Å². The molecule has 0 aromatic heterocycles. The molecule has 1 aromatic carbocycles. The van der Waals surface area contributed by atoms with Crippen LogP contribution < -0.4 is 10.6 Å². The van der Waals surface area contributed by atoms with E-state index in [1.807, 2.05) is 43.0 Å². The number of benzene rings is 1. The Labute approximate surface area is 193 Å². The molecule has 1 aromatic rings. The van der Waals surface area contributed by atoms with Gasteiger partial charge in [0.05, 0.1) is 6.54 Å². The molecule has 6 nitrogen and oxygen atoms in total. The number of nitrogens with zero attached hydrogens (tertiary/aromatic N) is 2. The van der Waals surface area contributed by atoms with Crippen LogP contribution in [-0.2, 0) is 11.3 Å². The molecule has 0 aliphatic heterocycles. The van der Waals surface area contributed by atoms with Crippen molar-refractivity contribution in [3.63, 3.8) is 0 Å². The minimum Gasteiger partial charge on any atom is -0.381 e. The molecule has 2 N–H and O–H groups in total. The molecule has 0 aliphatic carbocycles. The third-order valence-electron chi connectivity index (χ3n) is 4.22. The van der Waals surface area contributed by atoms with E-state index in [0.717, 1.165) is 62.9 Å². The quantitative estimate of drug-likeness (QED) is 0.191. The fourth-order valence-corrected chi connectivity index (χ4v) is 2.66. The lowest BCUT2D eigenvalue weighted by atomic mass is 10.1. The van der Waals surface area contributed by atoms with Gasteiger partial charge in [-0.15, -0.1) is 24.0 Å². The van der Waals surface area contributed by atoms with Gasteiger partial charge in [-0.05, 0) is 50.8 Å². The summed E-state index contributed by atoms with van der Waals surface area (Å²) < 4.78 is 5.60. The van der Waals surface area contributed by atoms with Crippen LogP contribution in [0.3, 0.4) is 0 Å². The van der Waals surface area contributed by atoms with E-state index in [-0.39, 0.29) is 29.9 Å². The van der Waals surface area contributed by atoms with Gasteiger partial charge in [-0.2, -0.15) is 0 Å². The van der Waals surface area contributed by atoms with E-state index >= 15 is 0 Å². The van der Waals surface area contributed by atoms with Crippen molar-refractivity contribution in [3.05, 3.63) is 35.4 Å². The number of halogens is 1. The van der Waals surface area contributed by atoms with Crippen molar-refractivity contribution in [1.29, 1.82) is 0 Å². The minimum atomic E-state index is 0. The molecule has 0 heterocycles. The van der Waals surface area contributed by atoms with E-state index in [2.05, 4.69) is 36.4 Å². The number of carbonyl (C=O) groups is 1. The topological polar surface area (TPSA) is 66.0 Å². The number of amides is 1. The van der Waals surface area contributed by atoms with Crippen LogP contribution in [0.25, 0.3) is 0 Å². The maximum Gasteiger partial charge on any atom is 0.253 e. The largest absolute Gasteiger partial charge is 0.381 e. The molecular weight excluding hydrogens is 479 g/mol. The Morgan fingerprint density at radius 2 is 1.76 bits per heavy atom. The van der Waals surface area contributed by atoms with Crippen molar-refractivity contribution >= 4 is 35.8 Å². The smallest absolute Gasteiger partial charge is 0.253 e. The van der Waals surface area contributed by atoms with Crippen molar-refractivity contribution in [2.24, 2.45) is 10.9 Å². The highest BCUT2D eigenvalue weighted by Crippen LogP contribution is 2.09. The number of aliphatic imine (C=N–C) groups is 1. The van der Waals surface area contributed by atoms with E-state index in [4.69, 9.17) is 4.74 Å². The Balaban J connectivity index is 0.00000784. The standard InChI is InChI=1S/C22H38N4O2.HI/c1-6-23-22(24-14-9-15-28-17-18(4)5)25-16-19-10-12-20(13-11-19)21(27)26(7-2)8-3;/h10-13,18H,6-9,14-17H2,1-5H3,(H2,23,24,25);1H. The summed E-state index contributed by atoms with van der Waals surface area (Å²) in [5.41, 5.74) is 1.80. The van der Waals surface area contributed by atoms with E-state index in [1.165, 1.54) is 0 Å². The summed E-state index contributed by atoms with van der Waals surface area (Å²) in [6.07, 6.45) is 0.944. The van der Waals surface area contributed by atoms with Gasteiger partial charge in [0.15, 0.2) is 5.96 Å². The first-order valence-electron chi connectivity index (χ1n) is 10.5. The van der Waals surface area contributed by atoms with Crippen molar-refractivity contribution in [2.45, 2.75) is 47.6 Å². The van der Waals surface area contributed by atoms with E-state index in [0.29, 0.717) is 12.5 Å². The average Bonchev–Trinajstić information content (AvgIpc) is 2.69. The van der Waals surface area contributed by atoms with Crippen LogP contribution >= 0.6 is 24.0 Å². The Morgan fingerprint density at radius 3 is 2.31 bits per heavy atom. The summed E-state index contributed by atoms with van der Waals surface area (Å²) in [5, 5.41) is 6.60. The number of carbonyl (C=O) groups excluding carboxylic acids is 1. The van der Waals surface area contributed by atoms with Crippen LogP contribution in [0.2, 0.25) is 0 Å². The maximum absolute atomic E-state index is 12.4. The molecule has 0 fully saturated rings. The van der Waals surface area contributed by atoms with Gasteiger partial charge < -0.3 is 20.3 Å². The molecule has 0 saturated heterocycles. The molecule has 0 unspecified atom stereocenters. The number of nitrogens with one attached hydrogen (secondary N) is 2. The lowest BCUT2D eigenvalue weighted by molar-refractivity contribution is 0.0773. The number of hydrogen-bond donors (Lipinski definition) is 2. The normalized spacial score (nSPS) is 11.2. The molecule has 0 bridgehead atoms. The van der Waals surface area contributed by atoms with Gasteiger partial charge in [0, 0.05) is 45.0 Å². The lowest BCUT2D eigenvalue weighted by Crippen LogP contribution is -2.38. The predicted octanol–water partition coefficient (Wildman–Crippen LogP) is 3.90. The van der Waals surface area contributed by atoms with Gasteiger partial charge in [-0.3, -0.25) is 4.79 Å². The fraction of sp³-hybridized carbons (Fsp3) is 0.636. The Morgan fingerprint density at radius 1 is 1.10 bits per heavy atom. The Kier molecular flexibility index (Phi) is 15.7. The molecule has 0 radical (unpaired) electrons. The molecule has 166 valence electrons. The molecule has 0 spiro atoms. The van der Waals surface area contributed by atoms with Crippen LogP contribution in [0.4, 0.5) is 0 Å².